The van der Waals surface area contributed by atoms with Crippen LogP contribution >= 0.6 is 0 Å². The monoisotopic (exact) mass is 314 g/mol. The molecule has 0 spiro atoms. The van der Waals surface area contributed by atoms with Crippen molar-refractivity contribution < 1.29 is 17.9 Å². The summed E-state index contributed by atoms with van der Waals surface area (Å²) >= 11 is 0. The zero-order chi connectivity index (χ0) is 15.9. The van der Waals surface area contributed by atoms with Gasteiger partial charge in [-0.3, -0.25) is 0 Å². The normalized spacial score (nSPS) is 15.1. The number of hydrogen-bond donors (Lipinski definition) is 0. The van der Waals surface area contributed by atoms with Gasteiger partial charge in [-0.2, -0.15) is 0 Å². The molecule has 1 aliphatic rings. The third-order valence-corrected chi connectivity index (χ3v) is 5.18. The molecule has 1 aliphatic heterocycles. The summed E-state index contributed by atoms with van der Waals surface area (Å²) in [5.74, 6) is -0.538. The summed E-state index contributed by atoms with van der Waals surface area (Å²) < 4.78 is 29.5. The molecule has 0 saturated heterocycles. The van der Waals surface area contributed by atoms with E-state index in [2.05, 4.69) is 0 Å². The first-order valence-electron chi connectivity index (χ1n) is 6.69. The van der Waals surface area contributed by atoms with Gasteiger partial charge in [0.1, 0.15) is 0 Å². The van der Waals surface area contributed by atoms with Gasteiger partial charge in [0.25, 0.3) is 0 Å². The largest absolute Gasteiger partial charge is 0.465 e. The van der Waals surface area contributed by atoms with Gasteiger partial charge in [0.05, 0.1) is 17.6 Å². The minimum Gasteiger partial charge on any atom is -0.465 e. The molecular weight excluding hydrogens is 300 g/mol. The van der Waals surface area contributed by atoms with Gasteiger partial charge in [-0.1, -0.05) is 30.3 Å². The molecule has 0 amide bonds. The first-order chi connectivity index (χ1) is 10.4. The van der Waals surface area contributed by atoms with Crippen molar-refractivity contribution in [1.29, 1.82) is 0 Å². The first-order valence-corrected chi connectivity index (χ1v) is 8.24. The fourth-order valence-corrected chi connectivity index (χ4v) is 4.05. The molecule has 1 heterocycles. The summed E-state index contributed by atoms with van der Waals surface area (Å²) in [5.41, 5.74) is 3.05. The van der Waals surface area contributed by atoms with Crippen molar-refractivity contribution in [3.05, 3.63) is 70.1 Å². The summed E-state index contributed by atoms with van der Waals surface area (Å²) in [6.45, 7) is 1.76. The minimum absolute atomic E-state index is 0.150. The van der Waals surface area contributed by atoms with E-state index in [1.807, 2.05) is 30.3 Å². The molecule has 5 heteroatoms. The Labute approximate surface area is 129 Å². The molecule has 0 unspecified atom stereocenters. The number of hydrogen-bond acceptors (Lipinski definition) is 4. The average Bonchev–Trinajstić information content (AvgIpc) is 2.77. The van der Waals surface area contributed by atoms with E-state index in [1.54, 1.807) is 13.0 Å². The average molecular weight is 314 g/mol. The number of benzene rings is 2. The third kappa shape index (κ3) is 2.23. The molecule has 0 N–H and O–H groups in total. The van der Waals surface area contributed by atoms with Crippen LogP contribution in [0.25, 0.3) is 5.57 Å². The number of aryl methyl sites for hydroxylation is 1. The van der Waals surface area contributed by atoms with E-state index in [0.717, 1.165) is 5.56 Å². The molecule has 3 rings (SSSR count). The zero-order valence-electron chi connectivity index (χ0n) is 12.2. The fourth-order valence-electron chi connectivity index (χ4n) is 2.59. The highest BCUT2D eigenvalue weighted by Gasteiger charge is 2.30. The topological polar surface area (TPSA) is 60.4 Å². The van der Waals surface area contributed by atoms with Crippen molar-refractivity contribution in [2.24, 2.45) is 0 Å². The SMILES string of the molecule is COC(=O)c1cc2c(cc1C)C(c1ccccc1)=CS2(=O)=O. The van der Waals surface area contributed by atoms with Crippen molar-refractivity contribution in [1.82, 2.24) is 0 Å². The summed E-state index contributed by atoms with van der Waals surface area (Å²) in [7, 11) is -2.28. The maximum Gasteiger partial charge on any atom is 0.338 e. The van der Waals surface area contributed by atoms with Gasteiger partial charge in [-0.05, 0) is 30.2 Å². The van der Waals surface area contributed by atoms with Crippen molar-refractivity contribution >= 4 is 21.4 Å². The molecule has 2 aromatic carbocycles. The maximum absolute atomic E-state index is 12.4. The Bertz CT molecular complexity index is 894. The maximum atomic E-state index is 12.4. The van der Waals surface area contributed by atoms with Gasteiger partial charge in [0, 0.05) is 16.5 Å². The second-order valence-electron chi connectivity index (χ2n) is 5.10. The van der Waals surface area contributed by atoms with Gasteiger partial charge in [-0.25, -0.2) is 13.2 Å². The van der Waals surface area contributed by atoms with Gasteiger partial charge >= 0.3 is 5.97 Å². The van der Waals surface area contributed by atoms with Crippen LogP contribution in [0.15, 0.2) is 52.8 Å². The van der Waals surface area contributed by atoms with Crippen LogP contribution in [0.2, 0.25) is 0 Å². The lowest BCUT2D eigenvalue weighted by atomic mass is 9.96. The number of ether oxygens (including phenoxy) is 1. The van der Waals surface area contributed by atoms with Crippen LogP contribution in [0, 0.1) is 6.92 Å². The lowest BCUT2D eigenvalue weighted by Crippen LogP contribution is -2.06. The van der Waals surface area contributed by atoms with Crippen LogP contribution in [0.4, 0.5) is 0 Å². The molecule has 2 aromatic rings. The number of fused-ring (bicyclic) bond motifs is 1. The molecule has 0 radical (unpaired) electrons. The van der Waals surface area contributed by atoms with Crippen LogP contribution in [0.3, 0.4) is 0 Å². The third-order valence-electron chi connectivity index (χ3n) is 3.69. The smallest absolute Gasteiger partial charge is 0.338 e. The Hall–Kier alpha value is -2.40. The van der Waals surface area contributed by atoms with Gasteiger partial charge in [0.15, 0.2) is 0 Å². The van der Waals surface area contributed by atoms with Gasteiger partial charge in [-0.15, -0.1) is 0 Å². The Kier molecular flexibility index (Phi) is 3.37. The molecular formula is C17H14O4S. The van der Waals surface area contributed by atoms with Gasteiger partial charge in [0.2, 0.25) is 9.84 Å². The zero-order valence-corrected chi connectivity index (χ0v) is 13.0. The molecule has 0 fully saturated rings. The predicted octanol–water partition coefficient (Wildman–Crippen LogP) is 2.96. The molecule has 22 heavy (non-hydrogen) atoms. The van der Waals surface area contributed by atoms with E-state index in [0.29, 0.717) is 16.7 Å². The second-order valence-corrected chi connectivity index (χ2v) is 6.86. The first kappa shape index (κ1) is 14.5. The Morgan fingerprint density at radius 1 is 1.09 bits per heavy atom. The van der Waals surface area contributed by atoms with Gasteiger partial charge < -0.3 is 4.74 Å². The molecule has 0 aliphatic carbocycles. The van der Waals surface area contributed by atoms with E-state index >= 15 is 0 Å². The van der Waals surface area contributed by atoms with Crippen LogP contribution in [-0.4, -0.2) is 21.5 Å². The van der Waals surface area contributed by atoms with Crippen molar-refractivity contribution in [2.45, 2.75) is 11.8 Å². The van der Waals surface area contributed by atoms with Crippen molar-refractivity contribution in [3.63, 3.8) is 0 Å². The Morgan fingerprint density at radius 3 is 2.41 bits per heavy atom. The molecule has 0 saturated carbocycles. The lowest BCUT2D eigenvalue weighted by molar-refractivity contribution is 0.0599. The van der Waals surface area contributed by atoms with Crippen LogP contribution in [0.5, 0.6) is 0 Å². The van der Waals surface area contributed by atoms with Crippen LogP contribution in [-0.2, 0) is 14.6 Å². The molecule has 0 aromatic heterocycles. The highest BCUT2D eigenvalue weighted by Crippen LogP contribution is 2.38. The summed E-state index contributed by atoms with van der Waals surface area (Å²) in [6.07, 6.45) is 0. The van der Waals surface area contributed by atoms with Crippen molar-refractivity contribution in [3.8, 4) is 0 Å². The number of methoxy groups -OCH3 is 1. The Balaban J connectivity index is 2.25. The number of carbonyl (C=O) groups excluding carboxylic acids is 1. The summed E-state index contributed by atoms with van der Waals surface area (Å²) in [5, 5.41) is 1.26. The van der Waals surface area contributed by atoms with Crippen LogP contribution < -0.4 is 0 Å². The number of carbonyl (C=O) groups is 1. The quantitative estimate of drug-likeness (QED) is 0.800. The molecule has 0 bridgehead atoms. The lowest BCUT2D eigenvalue weighted by Gasteiger charge is -2.09. The minimum atomic E-state index is -3.55. The Morgan fingerprint density at radius 2 is 1.77 bits per heavy atom. The molecule has 0 atom stereocenters. The number of rotatable bonds is 2. The number of esters is 1. The van der Waals surface area contributed by atoms with E-state index in [-0.39, 0.29) is 10.5 Å². The highest BCUT2D eigenvalue weighted by atomic mass is 32.2. The van der Waals surface area contributed by atoms with E-state index in [1.165, 1.54) is 18.6 Å². The molecule has 112 valence electrons. The highest BCUT2D eigenvalue weighted by molar-refractivity contribution is 7.95. The standard InChI is InChI=1S/C17H14O4S/c1-11-8-14-15(12-6-4-3-5-7-12)10-22(19,20)16(14)9-13(11)17(18)21-2/h3-10H,1-2H3. The fraction of sp³-hybridized carbons (Fsp3) is 0.118. The van der Waals surface area contributed by atoms with Crippen LogP contribution in [0.1, 0.15) is 27.0 Å². The second kappa shape index (κ2) is 5.10. The molecule has 4 nitrogen and oxygen atoms in total. The summed E-state index contributed by atoms with van der Waals surface area (Å²) in [4.78, 5) is 11.9. The summed E-state index contributed by atoms with van der Waals surface area (Å²) in [6, 6.07) is 12.4. The van der Waals surface area contributed by atoms with E-state index in [4.69, 9.17) is 4.74 Å². The van der Waals surface area contributed by atoms with E-state index in [9.17, 15) is 13.2 Å². The van der Waals surface area contributed by atoms with Crippen molar-refractivity contribution in [2.75, 3.05) is 7.11 Å². The predicted molar refractivity (Wildman–Crippen MR) is 83.2 cm³/mol. The number of sulfone groups is 1. The van der Waals surface area contributed by atoms with E-state index < -0.39 is 15.8 Å².